The third-order valence-electron chi connectivity index (χ3n) is 3.52. The van der Waals surface area contributed by atoms with E-state index in [4.69, 9.17) is 27.9 Å². The fourth-order valence-electron chi connectivity index (χ4n) is 2.40. The van der Waals surface area contributed by atoms with E-state index in [1.807, 2.05) is 0 Å². The SMILES string of the molecule is COC1(C)CCCN(Cc2cnc(Cl)cc2Cl)C1. The molecule has 0 N–H and O–H groups in total. The highest BCUT2D eigenvalue weighted by Crippen LogP contribution is 2.27. The molecule has 1 fully saturated rings. The van der Waals surface area contributed by atoms with E-state index >= 15 is 0 Å². The normalized spacial score (nSPS) is 25.3. The van der Waals surface area contributed by atoms with Crippen LogP contribution in [0.2, 0.25) is 10.2 Å². The predicted molar refractivity (Wildman–Crippen MR) is 74.2 cm³/mol. The van der Waals surface area contributed by atoms with Crippen LogP contribution in [-0.2, 0) is 11.3 Å². The number of hydrogen-bond donors (Lipinski definition) is 0. The van der Waals surface area contributed by atoms with Crippen LogP contribution in [0, 0.1) is 0 Å². The molecule has 0 aromatic carbocycles. The summed E-state index contributed by atoms with van der Waals surface area (Å²) in [4.78, 5) is 6.44. The molecule has 0 radical (unpaired) electrons. The Balaban J connectivity index is 2.05. The first-order chi connectivity index (χ1) is 8.52. The minimum absolute atomic E-state index is 0.0510. The van der Waals surface area contributed by atoms with Crippen molar-refractivity contribution in [3.8, 4) is 0 Å². The molecule has 1 atom stereocenters. The van der Waals surface area contributed by atoms with Crippen LogP contribution in [0.25, 0.3) is 0 Å². The molecule has 2 heterocycles. The molecule has 3 nitrogen and oxygen atoms in total. The molecule has 1 aromatic rings. The molecular formula is C13H18Cl2N2O. The molecule has 2 rings (SSSR count). The van der Waals surface area contributed by atoms with Crippen LogP contribution in [0.4, 0.5) is 0 Å². The maximum Gasteiger partial charge on any atom is 0.130 e. The fraction of sp³-hybridized carbons (Fsp3) is 0.615. The van der Waals surface area contributed by atoms with Crippen LogP contribution in [-0.4, -0.2) is 35.7 Å². The molecule has 0 saturated carbocycles. The largest absolute Gasteiger partial charge is 0.377 e. The average Bonchev–Trinajstić information content (AvgIpc) is 2.33. The quantitative estimate of drug-likeness (QED) is 0.798. The third kappa shape index (κ3) is 3.35. The summed E-state index contributed by atoms with van der Waals surface area (Å²) in [6, 6.07) is 1.69. The topological polar surface area (TPSA) is 25.4 Å². The zero-order valence-corrected chi connectivity index (χ0v) is 12.3. The van der Waals surface area contributed by atoms with E-state index in [1.54, 1.807) is 19.4 Å². The number of halogens is 2. The van der Waals surface area contributed by atoms with Crippen LogP contribution in [0.1, 0.15) is 25.3 Å². The minimum Gasteiger partial charge on any atom is -0.377 e. The second-order valence-electron chi connectivity index (χ2n) is 5.07. The van der Waals surface area contributed by atoms with Crippen molar-refractivity contribution in [1.82, 2.24) is 9.88 Å². The van der Waals surface area contributed by atoms with E-state index < -0.39 is 0 Å². The number of pyridine rings is 1. The van der Waals surface area contributed by atoms with Crippen molar-refractivity contribution in [1.29, 1.82) is 0 Å². The number of nitrogens with zero attached hydrogens (tertiary/aromatic N) is 2. The van der Waals surface area contributed by atoms with Gasteiger partial charge in [0.25, 0.3) is 0 Å². The van der Waals surface area contributed by atoms with Gasteiger partial charge in [-0.15, -0.1) is 0 Å². The van der Waals surface area contributed by atoms with Crippen molar-refractivity contribution >= 4 is 23.2 Å². The van der Waals surface area contributed by atoms with Gasteiger partial charge in [-0.3, -0.25) is 4.90 Å². The van der Waals surface area contributed by atoms with Gasteiger partial charge >= 0.3 is 0 Å². The summed E-state index contributed by atoms with van der Waals surface area (Å²) in [5, 5.41) is 1.11. The van der Waals surface area contributed by atoms with Crippen molar-refractivity contribution < 1.29 is 4.74 Å². The summed E-state index contributed by atoms with van der Waals surface area (Å²) >= 11 is 12.0. The highest BCUT2D eigenvalue weighted by molar-refractivity contribution is 6.34. The number of piperidine rings is 1. The standard InChI is InChI=1S/C13H18Cl2N2O/c1-13(18-2)4-3-5-17(9-13)8-10-7-16-12(15)6-11(10)14/h6-7H,3-5,8-9H2,1-2H3. The second kappa shape index (κ2) is 5.74. The minimum atomic E-state index is -0.0510. The molecule has 1 unspecified atom stereocenters. The first-order valence-electron chi connectivity index (χ1n) is 6.10. The summed E-state index contributed by atoms with van der Waals surface area (Å²) in [6.07, 6.45) is 4.00. The molecular weight excluding hydrogens is 271 g/mol. The average molecular weight is 289 g/mol. The van der Waals surface area contributed by atoms with Gasteiger partial charge in [0.1, 0.15) is 5.15 Å². The van der Waals surface area contributed by atoms with Crippen molar-refractivity contribution in [3.63, 3.8) is 0 Å². The molecule has 0 amide bonds. The molecule has 5 heteroatoms. The number of ether oxygens (including phenoxy) is 1. The smallest absolute Gasteiger partial charge is 0.130 e. The van der Waals surface area contributed by atoms with Gasteiger partial charge in [-0.25, -0.2) is 4.98 Å². The molecule has 100 valence electrons. The van der Waals surface area contributed by atoms with Crippen LogP contribution < -0.4 is 0 Å². The summed E-state index contributed by atoms with van der Waals surface area (Å²) in [5.74, 6) is 0. The monoisotopic (exact) mass is 288 g/mol. The van der Waals surface area contributed by atoms with Gasteiger partial charge in [-0.1, -0.05) is 23.2 Å². The maximum absolute atomic E-state index is 6.17. The number of hydrogen-bond acceptors (Lipinski definition) is 3. The summed E-state index contributed by atoms with van der Waals surface area (Å²) < 4.78 is 5.58. The van der Waals surface area contributed by atoms with Crippen LogP contribution in [0.5, 0.6) is 0 Å². The predicted octanol–water partition coefficient (Wildman–Crippen LogP) is 3.39. The maximum atomic E-state index is 6.17. The van der Waals surface area contributed by atoms with Crippen molar-refractivity contribution in [2.75, 3.05) is 20.2 Å². The Bertz CT molecular complexity index is 427. The first kappa shape index (κ1) is 14.1. The van der Waals surface area contributed by atoms with E-state index in [2.05, 4.69) is 16.8 Å². The lowest BCUT2D eigenvalue weighted by Crippen LogP contribution is -2.46. The van der Waals surface area contributed by atoms with Crippen molar-refractivity contribution in [2.45, 2.75) is 31.9 Å². The molecule has 0 aliphatic carbocycles. The van der Waals surface area contributed by atoms with E-state index in [-0.39, 0.29) is 5.60 Å². The van der Waals surface area contributed by atoms with Gasteiger partial charge < -0.3 is 4.74 Å². The zero-order valence-electron chi connectivity index (χ0n) is 10.7. The fourth-order valence-corrected chi connectivity index (χ4v) is 2.83. The summed E-state index contributed by atoms with van der Waals surface area (Å²) in [6.45, 7) is 4.93. The van der Waals surface area contributed by atoms with Crippen molar-refractivity contribution in [3.05, 3.63) is 28.0 Å². The molecule has 1 aromatic heterocycles. The lowest BCUT2D eigenvalue weighted by molar-refractivity contribution is -0.0527. The lowest BCUT2D eigenvalue weighted by atomic mass is 9.94. The Morgan fingerprint density at radius 1 is 1.50 bits per heavy atom. The molecule has 1 aliphatic heterocycles. The molecule has 0 spiro atoms. The van der Waals surface area contributed by atoms with E-state index in [0.717, 1.165) is 38.0 Å². The molecule has 1 saturated heterocycles. The van der Waals surface area contributed by atoms with Crippen molar-refractivity contribution in [2.24, 2.45) is 0 Å². The van der Waals surface area contributed by atoms with E-state index in [0.29, 0.717) is 10.2 Å². The Hall–Kier alpha value is -0.350. The molecule has 0 bridgehead atoms. The third-order valence-corrected chi connectivity index (χ3v) is 4.08. The van der Waals surface area contributed by atoms with Gasteiger partial charge in [-0.2, -0.15) is 0 Å². The van der Waals surface area contributed by atoms with Crippen LogP contribution in [0.15, 0.2) is 12.3 Å². The van der Waals surface area contributed by atoms with Gasteiger partial charge in [-0.05, 0) is 32.4 Å². The van der Waals surface area contributed by atoms with Crippen LogP contribution in [0.3, 0.4) is 0 Å². The second-order valence-corrected chi connectivity index (χ2v) is 5.86. The molecule has 18 heavy (non-hydrogen) atoms. The van der Waals surface area contributed by atoms with Gasteiger partial charge in [0.2, 0.25) is 0 Å². The summed E-state index contributed by atoms with van der Waals surface area (Å²) in [5.41, 5.74) is 0.964. The number of rotatable bonds is 3. The van der Waals surface area contributed by atoms with Gasteiger partial charge in [0, 0.05) is 37.0 Å². The zero-order chi connectivity index (χ0) is 13.2. The Labute approximate surface area is 118 Å². The highest BCUT2D eigenvalue weighted by atomic mass is 35.5. The van der Waals surface area contributed by atoms with Gasteiger partial charge in [0.15, 0.2) is 0 Å². The first-order valence-corrected chi connectivity index (χ1v) is 6.85. The Morgan fingerprint density at radius 3 is 2.94 bits per heavy atom. The van der Waals surface area contributed by atoms with E-state index in [1.165, 1.54) is 0 Å². The van der Waals surface area contributed by atoms with E-state index in [9.17, 15) is 0 Å². The van der Waals surface area contributed by atoms with Crippen LogP contribution >= 0.6 is 23.2 Å². The highest BCUT2D eigenvalue weighted by Gasteiger charge is 2.30. The lowest BCUT2D eigenvalue weighted by Gasteiger charge is -2.39. The number of aromatic nitrogens is 1. The molecule has 1 aliphatic rings. The number of likely N-dealkylation sites (tertiary alicyclic amines) is 1. The summed E-state index contributed by atoms with van der Waals surface area (Å²) in [7, 11) is 1.78. The Kier molecular flexibility index (Phi) is 4.49. The Morgan fingerprint density at radius 2 is 2.28 bits per heavy atom. The van der Waals surface area contributed by atoms with Gasteiger partial charge in [0.05, 0.1) is 5.60 Å². The number of methoxy groups -OCH3 is 1.